The van der Waals surface area contributed by atoms with Crippen molar-refractivity contribution in [1.82, 2.24) is 15.5 Å². The van der Waals surface area contributed by atoms with Crippen molar-refractivity contribution in [3.05, 3.63) is 107 Å². The number of hydrogen-bond acceptors (Lipinski definition) is 4. The van der Waals surface area contributed by atoms with Crippen LogP contribution in [-0.2, 0) is 22.4 Å². The fraction of sp³-hybridized carbons (Fsp3) is 0.417. The van der Waals surface area contributed by atoms with E-state index in [-0.39, 0.29) is 41.6 Å². The Labute approximate surface area is 260 Å². The van der Waals surface area contributed by atoms with E-state index in [4.69, 9.17) is 11.5 Å². The minimum atomic E-state index is -0.660. The van der Waals surface area contributed by atoms with Crippen molar-refractivity contribution in [2.24, 2.45) is 28.3 Å². The van der Waals surface area contributed by atoms with E-state index < -0.39 is 5.54 Å². The zero-order chi connectivity index (χ0) is 30.5. The highest BCUT2D eigenvalue weighted by Gasteiger charge is 2.62. The minimum absolute atomic E-state index is 0.0104. The van der Waals surface area contributed by atoms with Gasteiger partial charge in [0.2, 0.25) is 11.8 Å². The maximum Gasteiger partial charge on any atom is 0.243 e. The van der Waals surface area contributed by atoms with Crippen molar-refractivity contribution in [3.63, 3.8) is 0 Å². The molecule has 8 heteroatoms. The van der Waals surface area contributed by atoms with Gasteiger partial charge in [-0.05, 0) is 66.7 Å². The van der Waals surface area contributed by atoms with Gasteiger partial charge < -0.3 is 21.7 Å². The van der Waals surface area contributed by atoms with Gasteiger partial charge in [-0.25, -0.2) is 0 Å². The van der Waals surface area contributed by atoms with Crippen LogP contribution < -0.4 is 22.1 Å². The third kappa shape index (κ3) is 6.65. The number of aliphatic imine (C=N–C) groups is 1. The van der Waals surface area contributed by atoms with Crippen LogP contribution in [0.5, 0.6) is 0 Å². The molecule has 1 aliphatic heterocycles. The van der Waals surface area contributed by atoms with Gasteiger partial charge in [0.1, 0.15) is 5.54 Å². The van der Waals surface area contributed by atoms with Crippen LogP contribution in [0.2, 0.25) is 0 Å². The third-order valence-corrected chi connectivity index (χ3v) is 9.80. The molecule has 1 saturated heterocycles. The van der Waals surface area contributed by atoms with Crippen molar-refractivity contribution in [2.45, 2.75) is 56.0 Å². The number of rotatable bonds is 10. The maximum atomic E-state index is 14.4. The van der Waals surface area contributed by atoms with Crippen LogP contribution in [0.25, 0.3) is 0 Å². The molecule has 4 atom stereocenters. The van der Waals surface area contributed by atoms with Gasteiger partial charge in [-0.1, -0.05) is 84.9 Å². The Morgan fingerprint density at radius 1 is 0.955 bits per heavy atom. The molecule has 3 aliphatic rings. The van der Waals surface area contributed by atoms with E-state index in [1.807, 2.05) is 12.1 Å². The van der Waals surface area contributed by atoms with Gasteiger partial charge in [-0.15, -0.1) is 0 Å². The molecule has 1 heterocycles. The van der Waals surface area contributed by atoms with Gasteiger partial charge in [-0.3, -0.25) is 19.9 Å². The van der Waals surface area contributed by atoms with Crippen LogP contribution in [0.3, 0.4) is 0 Å². The molecule has 1 spiro atoms. The molecule has 2 aliphatic carbocycles. The molecular formula is C36H44N6O2. The molecule has 3 aromatic rings. The molecule has 3 aromatic carbocycles. The Morgan fingerprint density at radius 3 is 2.30 bits per heavy atom. The standard InChI is InChI=1S/C36H44N6O2/c37-35(38)39-19-17-30-22-36(30)34(44)42(24-32(26-10-3-1-4-11-26)27-12-5-2-6-13-27)20-18-31(41-36)23-40-33(43)29-16-15-25-9-7-8-14-28(25)21-29/h1-14,29-32,41H,15-24H2,(H,40,43)(H4,37,38,39)/t29?,30?,31-,36?/m0/s1. The summed E-state index contributed by atoms with van der Waals surface area (Å²) in [7, 11) is 0. The first-order chi connectivity index (χ1) is 21.4. The Kier molecular flexibility index (Phi) is 8.98. The van der Waals surface area contributed by atoms with E-state index in [0.29, 0.717) is 26.2 Å². The quantitative estimate of drug-likeness (QED) is 0.212. The SMILES string of the molecule is NC(N)=NCCC1CC12N[C@H](CNC(=O)C1CCc3ccccc3C1)CCN(CC(c1ccccc1)c1ccccc1)C2=O. The predicted molar refractivity (Wildman–Crippen MR) is 174 cm³/mol. The van der Waals surface area contributed by atoms with Crippen molar-refractivity contribution in [3.8, 4) is 0 Å². The summed E-state index contributed by atoms with van der Waals surface area (Å²) in [5.41, 5.74) is 15.5. The normalized spacial score (nSPS) is 24.4. The number of amides is 2. The molecule has 8 nitrogen and oxygen atoms in total. The maximum absolute atomic E-state index is 14.4. The van der Waals surface area contributed by atoms with E-state index in [1.54, 1.807) is 0 Å². The first-order valence-corrected chi connectivity index (χ1v) is 16.0. The summed E-state index contributed by atoms with van der Waals surface area (Å²) in [4.78, 5) is 33.9. The van der Waals surface area contributed by atoms with Crippen molar-refractivity contribution < 1.29 is 9.59 Å². The van der Waals surface area contributed by atoms with E-state index in [2.05, 4.69) is 93.3 Å². The van der Waals surface area contributed by atoms with Gasteiger partial charge in [0.05, 0.1) is 0 Å². The number of nitrogens with one attached hydrogen (secondary N) is 2. The van der Waals surface area contributed by atoms with E-state index in [1.165, 1.54) is 22.3 Å². The summed E-state index contributed by atoms with van der Waals surface area (Å²) in [5.74, 6) is 0.494. The summed E-state index contributed by atoms with van der Waals surface area (Å²) in [6.07, 6.45) is 4.81. The second-order valence-corrected chi connectivity index (χ2v) is 12.7. The van der Waals surface area contributed by atoms with E-state index in [0.717, 1.165) is 38.5 Å². The average molecular weight is 593 g/mol. The number of fused-ring (bicyclic) bond motifs is 1. The molecule has 1 saturated carbocycles. The van der Waals surface area contributed by atoms with Crippen molar-refractivity contribution in [2.75, 3.05) is 26.2 Å². The smallest absolute Gasteiger partial charge is 0.243 e. The molecule has 0 aromatic heterocycles. The molecule has 230 valence electrons. The van der Waals surface area contributed by atoms with Gasteiger partial charge in [0, 0.05) is 44.1 Å². The summed E-state index contributed by atoms with van der Waals surface area (Å²) in [6.45, 7) is 2.21. The fourth-order valence-electron chi connectivity index (χ4n) is 7.27. The molecule has 6 rings (SSSR count). The Hall–Kier alpha value is -4.17. The zero-order valence-corrected chi connectivity index (χ0v) is 25.3. The Balaban J connectivity index is 1.18. The number of hydrogen-bond donors (Lipinski definition) is 4. The highest BCUT2D eigenvalue weighted by molar-refractivity contribution is 5.91. The van der Waals surface area contributed by atoms with Gasteiger partial charge in [-0.2, -0.15) is 0 Å². The first-order valence-electron chi connectivity index (χ1n) is 16.0. The van der Waals surface area contributed by atoms with Crippen molar-refractivity contribution in [1.29, 1.82) is 0 Å². The molecule has 3 unspecified atom stereocenters. The lowest BCUT2D eigenvalue weighted by atomic mass is 9.83. The van der Waals surface area contributed by atoms with Crippen LogP contribution in [0.15, 0.2) is 89.9 Å². The summed E-state index contributed by atoms with van der Waals surface area (Å²) < 4.78 is 0. The lowest BCUT2D eigenvalue weighted by molar-refractivity contribution is -0.134. The van der Waals surface area contributed by atoms with Crippen LogP contribution in [0.1, 0.15) is 53.9 Å². The number of benzene rings is 3. The highest BCUT2D eigenvalue weighted by Crippen LogP contribution is 2.49. The topological polar surface area (TPSA) is 126 Å². The second kappa shape index (κ2) is 13.2. The number of nitrogens with zero attached hydrogens (tertiary/aromatic N) is 2. The molecule has 6 N–H and O–H groups in total. The molecule has 2 fully saturated rings. The average Bonchev–Trinajstić information content (AvgIpc) is 3.78. The molecule has 0 radical (unpaired) electrons. The Bertz CT molecular complexity index is 1430. The predicted octanol–water partition coefficient (Wildman–Crippen LogP) is 3.35. The summed E-state index contributed by atoms with van der Waals surface area (Å²) in [6, 6.07) is 29.3. The van der Waals surface area contributed by atoms with Crippen LogP contribution in [-0.4, -0.2) is 60.4 Å². The number of nitrogens with two attached hydrogens (primary N) is 2. The minimum Gasteiger partial charge on any atom is -0.370 e. The van der Waals surface area contributed by atoms with Crippen LogP contribution >= 0.6 is 0 Å². The molecule has 0 bridgehead atoms. The molecule has 44 heavy (non-hydrogen) atoms. The molecule has 2 amide bonds. The summed E-state index contributed by atoms with van der Waals surface area (Å²) in [5, 5.41) is 7.00. The lowest BCUT2D eigenvalue weighted by Crippen LogP contribution is -2.52. The van der Waals surface area contributed by atoms with Gasteiger partial charge in [0.25, 0.3) is 0 Å². The van der Waals surface area contributed by atoms with Crippen LogP contribution in [0.4, 0.5) is 0 Å². The van der Waals surface area contributed by atoms with E-state index in [9.17, 15) is 9.59 Å². The Morgan fingerprint density at radius 2 is 1.61 bits per heavy atom. The monoisotopic (exact) mass is 592 g/mol. The third-order valence-electron chi connectivity index (χ3n) is 9.80. The largest absolute Gasteiger partial charge is 0.370 e. The highest BCUT2D eigenvalue weighted by atomic mass is 16.2. The lowest BCUT2D eigenvalue weighted by Gasteiger charge is -2.30. The number of guanidine groups is 1. The molecular weight excluding hydrogens is 548 g/mol. The van der Waals surface area contributed by atoms with Crippen molar-refractivity contribution >= 4 is 17.8 Å². The number of aryl methyl sites for hydroxylation is 1. The summed E-state index contributed by atoms with van der Waals surface area (Å²) >= 11 is 0. The number of carbonyl (C=O) groups is 2. The van der Waals surface area contributed by atoms with Gasteiger partial charge in [0.15, 0.2) is 5.96 Å². The van der Waals surface area contributed by atoms with E-state index >= 15 is 0 Å². The number of carbonyl (C=O) groups excluding carboxylic acids is 2. The second-order valence-electron chi connectivity index (χ2n) is 12.7. The van der Waals surface area contributed by atoms with Gasteiger partial charge >= 0.3 is 0 Å². The zero-order valence-electron chi connectivity index (χ0n) is 25.3. The first kappa shape index (κ1) is 29.9. The van der Waals surface area contributed by atoms with Crippen LogP contribution in [0, 0.1) is 11.8 Å². The fourth-order valence-corrected chi connectivity index (χ4v) is 7.27.